The summed E-state index contributed by atoms with van der Waals surface area (Å²) < 4.78 is 5.08. The molecule has 1 N–H and O–H groups in total. The molecule has 19 heavy (non-hydrogen) atoms. The van der Waals surface area contributed by atoms with Crippen LogP contribution in [0.3, 0.4) is 0 Å². The molecule has 2 rings (SSSR count). The Bertz CT molecular complexity index is 503. The van der Waals surface area contributed by atoms with Gasteiger partial charge in [-0.1, -0.05) is 30.3 Å². The molecular formula is C14H15N3O2. The van der Waals surface area contributed by atoms with Crippen molar-refractivity contribution < 1.29 is 9.53 Å². The van der Waals surface area contributed by atoms with Crippen molar-refractivity contribution in [2.45, 2.75) is 13.0 Å². The van der Waals surface area contributed by atoms with Gasteiger partial charge in [-0.25, -0.2) is 4.79 Å². The number of carbonyl (C=O) groups is 1. The fourth-order valence-corrected chi connectivity index (χ4v) is 1.53. The number of alkyl carbamates (subject to hydrolysis) is 1. The van der Waals surface area contributed by atoms with Gasteiger partial charge in [0.05, 0.1) is 5.69 Å². The lowest BCUT2D eigenvalue weighted by Crippen LogP contribution is -2.26. The number of hydrogen-bond donors (Lipinski definition) is 1. The van der Waals surface area contributed by atoms with Gasteiger partial charge in [-0.15, -0.1) is 0 Å². The van der Waals surface area contributed by atoms with Crippen LogP contribution in [0.25, 0.3) is 0 Å². The van der Waals surface area contributed by atoms with Crippen LogP contribution in [0.2, 0.25) is 0 Å². The number of ether oxygens (including phenoxy) is 1. The van der Waals surface area contributed by atoms with E-state index in [9.17, 15) is 4.79 Å². The first-order chi connectivity index (χ1) is 9.34. The molecule has 1 aromatic heterocycles. The smallest absolute Gasteiger partial charge is 0.407 e. The molecule has 0 aliphatic heterocycles. The van der Waals surface area contributed by atoms with Crippen molar-refractivity contribution in [2.24, 2.45) is 0 Å². The Balaban J connectivity index is 1.65. The Hall–Kier alpha value is -2.43. The standard InChI is InChI=1S/C14H15N3O2/c18-14(19-11-12-4-2-1-3-5-12)17-7-6-13-10-15-8-9-16-13/h1-5,8-10H,6-7,11H2,(H,17,18). The zero-order valence-corrected chi connectivity index (χ0v) is 10.5. The van der Waals surface area contributed by atoms with Crippen LogP contribution in [0.1, 0.15) is 11.3 Å². The minimum atomic E-state index is -0.423. The van der Waals surface area contributed by atoms with E-state index in [0.29, 0.717) is 13.0 Å². The van der Waals surface area contributed by atoms with Crippen LogP contribution in [0.15, 0.2) is 48.9 Å². The van der Waals surface area contributed by atoms with E-state index in [1.54, 1.807) is 18.6 Å². The topological polar surface area (TPSA) is 64.1 Å². The number of nitrogens with zero attached hydrogens (tertiary/aromatic N) is 2. The van der Waals surface area contributed by atoms with Gasteiger partial charge in [0.2, 0.25) is 0 Å². The fourth-order valence-electron chi connectivity index (χ4n) is 1.53. The van der Waals surface area contributed by atoms with Gasteiger partial charge in [-0.2, -0.15) is 0 Å². The zero-order valence-electron chi connectivity index (χ0n) is 10.5. The van der Waals surface area contributed by atoms with Crippen molar-refractivity contribution >= 4 is 6.09 Å². The van der Waals surface area contributed by atoms with Crippen LogP contribution < -0.4 is 5.32 Å². The van der Waals surface area contributed by atoms with Gasteiger partial charge in [0.1, 0.15) is 6.61 Å². The monoisotopic (exact) mass is 257 g/mol. The van der Waals surface area contributed by atoms with Crippen molar-refractivity contribution in [3.05, 3.63) is 60.2 Å². The molecule has 0 unspecified atom stereocenters. The van der Waals surface area contributed by atoms with E-state index < -0.39 is 6.09 Å². The van der Waals surface area contributed by atoms with Gasteiger partial charge in [0.15, 0.2) is 0 Å². The Labute approximate surface area is 111 Å². The molecule has 0 radical (unpaired) electrons. The summed E-state index contributed by atoms with van der Waals surface area (Å²) >= 11 is 0. The molecule has 2 aromatic rings. The van der Waals surface area contributed by atoms with E-state index in [1.165, 1.54) is 0 Å². The van der Waals surface area contributed by atoms with Crippen molar-refractivity contribution in [3.63, 3.8) is 0 Å². The number of aromatic nitrogens is 2. The van der Waals surface area contributed by atoms with Gasteiger partial charge in [-0.3, -0.25) is 9.97 Å². The van der Waals surface area contributed by atoms with Crippen molar-refractivity contribution in [1.29, 1.82) is 0 Å². The second kappa shape index (κ2) is 7.10. The number of benzene rings is 1. The average molecular weight is 257 g/mol. The van der Waals surface area contributed by atoms with E-state index in [-0.39, 0.29) is 6.61 Å². The van der Waals surface area contributed by atoms with E-state index in [1.807, 2.05) is 30.3 Å². The van der Waals surface area contributed by atoms with E-state index >= 15 is 0 Å². The molecule has 0 bridgehead atoms. The molecule has 0 aliphatic carbocycles. The van der Waals surface area contributed by atoms with Crippen LogP contribution in [0, 0.1) is 0 Å². The average Bonchev–Trinajstić information content (AvgIpc) is 2.47. The summed E-state index contributed by atoms with van der Waals surface area (Å²) in [5.41, 5.74) is 1.80. The predicted molar refractivity (Wildman–Crippen MR) is 70.4 cm³/mol. The normalized spacial score (nSPS) is 9.89. The van der Waals surface area contributed by atoms with Gasteiger partial charge in [0, 0.05) is 31.6 Å². The lowest BCUT2D eigenvalue weighted by molar-refractivity contribution is 0.140. The molecule has 0 aliphatic rings. The Morgan fingerprint density at radius 2 is 2.05 bits per heavy atom. The largest absolute Gasteiger partial charge is 0.445 e. The molecule has 0 saturated heterocycles. The summed E-state index contributed by atoms with van der Waals surface area (Å²) in [4.78, 5) is 19.5. The van der Waals surface area contributed by atoms with Crippen molar-refractivity contribution in [3.8, 4) is 0 Å². The maximum atomic E-state index is 11.4. The molecule has 98 valence electrons. The fraction of sp³-hybridized carbons (Fsp3) is 0.214. The Morgan fingerprint density at radius 3 is 2.79 bits per heavy atom. The minimum absolute atomic E-state index is 0.276. The van der Waals surface area contributed by atoms with E-state index in [2.05, 4.69) is 15.3 Å². The maximum absolute atomic E-state index is 11.4. The summed E-state index contributed by atoms with van der Waals surface area (Å²) in [5, 5.41) is 2.67. The summed E-state index contributed by atoms with van der Waals surface area (Å²) in [7, 11) is 0. The zero-order chi connectivity index (χ0) is 13.3. The molecule has 5 nitrogen and oxygen atoms in total. The molecule has 1 heterocycles. The van der Waals surface area contributed by atoms with Crippen LogP contribution in [0.5, 0.6) is 0 Å². The first kappa shape index (κ1) is 13.0. The van der Waals surface area contributed by atoms with Crippen LogP contribution in [0.4, 0.5) is 4.79 Å². The molecule has 0 atom stereocenters. The lowest BCUT2D eigenvalue weighted by Gasteiger charge is -2.06. The molecule has 1 amide bonds. The third-order valence-corrected chi connectivity index (χ3v) is 2.48. The summed E-state index contributed by atoms with van der Waals surface area (Å²) in [5.74, 6) is 0. The molecule has 0 spiro atoms. The molecular weight excluding hydrogens is 242 g/mol. The second-order valence-corrected chi connectivity index (χ2v) is 3.94. The third kappa shape index (κ3) is 4.75. The van der Waals surface area contributed by atoms with E-state index in [4.69, 9.17) is 4.74 Å². The van der Waals surface area contributed by atoms with Gasteiger partial charge in [0.25, 0.3) is 0 Å². The van der Waals surface area contributed by atoms with Gasteiger partial charge < -0.3 is 10.1 Å². The minimum Gasteiger partial charge on any atom is -0.445 e. The predicted octanol–water partition coefficient (Wildman–Crippen LogP) is 1.95. The van der Waals surface area contributed by atoms with Crippen LogP contribution in [-0.4, -0.2) is 22.6 Å². The number of hydrogen-bond acceptors (Lipinski definition) is 4. The van der Waals surface area contributed by atoms with Crippen molar-refractivity contribution in [1.82, 2.24) is 15.3 Å². The quantitative estimate of drug-likeness (QED) is 0.889. The highest BCUT2D eigenvalue weighted by Crippen LogP contribution is 2.00. The summed E-state index contributed by atoms with van der Waals surface area (Å²) in [6.45, 7) is 0.754. The first-order valence-corrected chi connectivity index (χ1v) is 6.04. The highest BCUT2D eigenvalue weighted by molar-refractivity contribution is 5.67. The summed E-state index contributed by atoms with van der Waals surface area (Å²) in [6, 6.07) is 9.56. The number of carbonyl (C=O) groups excluding carboxylic acids is 1. The SMILES string of the molecule is O=C(NCCc1cnccn1)OCc1ccccc1. The first-order valence-electron chi connectivity index (χ1n) is 6.04. The summed E-state index contributed by atoms with van der Waals surface area (Å²) in [6.07, 6.45) is 5.13. The second-order valence-electron chi connectivity index (χ2n) is 3.94. The number of nitrogens with one attached hydrogen (secondary N) is 1. The lowest BCUT2D eigenvalue weighted by atomic mass is 10.2. The molecule has 0 fully saturated rings. The molecule has 5 heteroatoms. The number of rotatable bonds is 5. The van der Waals surface area contributed by atoms with Gasteiger partial charge in [-0.05, 0) is 5.56 Å². The highest BCUT2D eigenvalue weighted by atomic mass is 16.5. The Kier molecular flexibility index (Phi) is 4.87. The van der Waals surface area contributed by atoms with Crippen molar-refractivity contribution in [2.75, 3.05) is 6.54 Å². The highest BCUT2D eigenvalue weighted by Gasteiger charge is 2.02. The van der Waals surface area contributed by atoms with Crippen LogP contribution >= 0.6 is 0 Å². The Morgan fingerprint density at radius 1 is 1.21 bits per heavy atom. The van der Waals surface area contributed by atoms with E-state index in [0.717, 1.165) is 11.3 Å². The third-order valence-electron chi connectivity index (χ3n) is 2.48. The molecule has 0 saturated carbocycles. The van der Waals surface area contributed by atoms with Gasteiger partial charge >= 0.3 is 6.09 Å². The van der Waals surface area contributed by atoms with Crippen LogP contribution in [-0.2, 0) is 17.8 Å². The maximum Gasteiger partial charge on any atom is 0.407 e. The molecule has 1 aromatic carbocycles. The number of amides is 1.